The first-order chi connectivity index (χ1) is 9.96. The quantitative estimate of drug-likeness (QED) is 0.857. The van der Waals surface area contributed by atoms with E-state index in [1.54, 1.807) is 4.90 Å². The van der Waals surface area contributed by atoms with Gasteiger partial charge in [0.15, 0.2) is 0 Å². The Kier molecular flexibility index (Phi) is 3.23. The van der Waals surface area contributed by atoms with Crippen molar-refractivity contribution >= 4 is 11.8 Å². The normalized spacial score (nSPS) is 33.5. The molecule has 1 heterocycles. The second-order valence-electron chi connectivity index (χ2n) is 7.12. The highest BCUT2D eigenvalue weighted by atomic mass is 16.2. The summed E-state index contributed by atoms with van der Waals surface area (Å²) in [5.74, 6) is -0.219. The Morgan fingerprint density at radius 2 is 2.10 bits per heavy atom. The van der Waals surface area contributed by atoms with Gasteiger partial charge in [-0.1, -0.05) is 12.8 Å². The molecule has 3 aliphatic rings. The highest BCUT2D eigenvalue weighted by molar-refractivity contribution is 5.95. The molecule has 2 saturated carbocycles. The Morgan fingerprint density at radius 3 is 2.62 bits per heavy atom. The van der Waals surface area contributed by atoms with Crippen molar-refractivity contribution in [3.05, 3.63) is 0 Å². The van der Waals surface area contributed by atoms with Crippen molar-refractivity contribution in [3.63, 3.8) is 0 Å². The molecule has 3 rings (SSSR count). The first-order valence-corrected chi connectivity index (χ1v) is 7.98. The molecule has 0 aromatic rings. The first kappa shape index (κ1) is 14.4. The van der Waals surface area contributed by atoms with Crippen molar-refractivity contribution < 1.29 is 9.59 Å². The van der Waals surface area contributed by atoms with Gasteiger partial charge < -0.3 is 10.2 Å². The van der Waals surface area contributed by atoms with Crippen LogP contribution in [-0.2, 0) is 9.59 Å². The third kappa shape index (κ3) is 1.96. The summed E-state index contributed by atoms with van der Waals surface area (Å²) in [6.45, 7) is 4.65. The Labute approximate surface area is 125 Å². The molecular weight excluding hydrogens is 266 g/mol. The monoisotopic (exact) mass is 289 g/mol. The number of amides is 2. The average Bonchev–Trinajstić information content (AvgIpc) is 2.73. The van der Waals surface area contributed by atoms with Crippen molar-refractivity contribution in [1.29, 1.82) is 5.26 Å². The molecule has 2 unspecified atom stereocenters. The third-order valence-electron chi connectivity index (χ3n) is 5.69. The molecule has 5 nitrogen and oxygen atoms in total. The highest BCUT2D eigenvalue weighted by Crippen LogP contribution is 2.71. The zero-order valence-corrected chi connectivity index (χ0v) is 12.8. The van der Waals surface area contributed by atoms with E-state index in [0.717, 1.165) is 25.7 Å². The van der Waals surface area contributed by atoms with Gasteiger partial charge in [0, 0.05) is 18.0 Å². The maximum Gasteiger partial charge on any atom is 0.245 e. The van der Waals surface area contributed by atoms with E-state index in [2.05, 4.69) is 11.4 Å². The number of nitrogens with one attached hydrogen (secondary N) is 1. The molecule has 2 aliphatic carbocycles. The summed E-state index contributed by atoms with van der Waals surface area (Å²) >= 11 is 0. The van der Waals surface area contributed by atoms with Crippen LogP contribution in [0.5, 0.6) is 0 Å². The van der Waals surface area contributed by atoms with Crippen molar-refractivity contribution in [2.75, 3.05) is 6.54 Å². The fraction of sp³-hybridized carbons (Fsp3) is 0.812. The fourth-order valence-corrected chi connectivity index (χ4v) is 4.28. The minimum atomic E-state index is -0.866. The SMILES string of the molecule is CC(C)N1CCC(NC(=O)C2(C#N)CC23CCCC3)C1=O. The molecule has 1 N–H and O–H groups in total. The predicted molar refractivity (Wildman–Crippen MR) is 77.0 cm³/mol. The van der Waals surface area contributed by atoms with Gasteiger partial charge in [-0.15, -0.1) is 0 Å². The standard InChI is InChI=1S/C16H23N3O2/c1-11(2)19-8-5-12(13(19)20)18-14(21)16(10-17)9-15(16)6-3-4-7-15/h11-12H,3-9H2,1-2H3,(H,18,21). The summed E-state index contributed by atoms with van der Waals surface area (Å²) in [5, 5.41) is 12.4. The van der Waals surface area contributed by atoms with Crippen LogP contribution in [0, 0.1) is 22.2 Å². The van der Waals surface area contributed by atoms with Crippen LogP contribution in [0.2, 0.25) is 0 Å². The molecule has 1 aliphatic heterocycles. The third-order valence-corrected chi connectivity index (χ3v) is 5.69. The minimum Gasteiger partial charge on any atom is -0.343 e. The zero-order chi connectivity index (χ0) is 15.3. The van der Waals surface area contributed by atoms with Crippen LogP contribution in [0.1, 0.15) is 52.4 Å². The molecule has 2 atom stereocenters. The van der Waals surface area contributed by atoms with E-state index in [4.69, 9.17) is 0 Å². The van der Waals surface area contributed by atoms with E-state index < -0.39 is 11.5 Å². The molecule has 2 amide bonds. The van der Waals surface area contributed by atoms with Crippen LogP contribution in [0.3, 0.4) is 0 Å². The lowest BCUT2D eigenvalue weighted by atomic mass is 9.91. The molecular formula is C16H23N3O2. The van der Waals surface area contributed by atoms with Crippen molar-refractivity contribution in [1.82, 2.24) is 10.2 Å². The topological polar surface area (TPSA) is 73.2 Å². The van der Waals surface area contributed by atoms with Gasteiger partial charge >= 0.3 is 0 Å². The molecule has 114 valence electrons. The van der Waals surface area contributed by atoms with Crippen molar-refractivity contribution in [2.45, 2.75) is 64.5 Å². The molecule has 0 aromatic carbocycles. The number of hydrogen-bond acceptors (Lipinski definition) is 3. The van der Waals surface area contributed by atoms with Crippen molar-refractivity contribution in [2.24, 2.45) is 10.8 Å². The first-order valence-electron chi connectivity index (χ1n) is 7.98. The van der Waals surface area contributed by atoms with Crippen LogP contribution < -0.4 is 5.32 Å². The maximum absolute atomic E-state index is 12.6. The summed E-state index contributed by atoms with van der Waals surface area (Å²) < 4.78 is 0. The molecule has 1 spiro atoms. The second kappa shape index (κ2) is 4.72. The maximum atomic E-state index is 12.6. The fourth-order valence-electron chi connectivity index (χ4n) is 4.28. The van der Waals surface area contributed by atoms with E-state index in [9.17, 15) is 14.9 Å². The Hall–Kier alpha value is -1.57. The number of rotatable bonds is 3. The molecule has 0 radical (unpaired) electrons. The van der Waals surface area contributed by atoms with Crippen molar-refractivity contribution in [3.8, 4) is 6.07 Å². The minimum absolute atomic E-state index is 0.00689. The lowest BCUT2D eigenvalue weighted by molar-refractivity contribution is -0.135. The number of nitrogens with zero attached hydrogens (tertiary/aromatic N) is 2. The van der Waals surface area contributed by atoms with Gasteiger partial charge in [-0.2, -0.15) is 5.26 Å². The Balaban J connectivity index is 1.68. The molecule has 0 aromatic heterocycles. The van der Waals surface area contributed by atoms with Gasteiger partial charge in [0.1, 0.15) is 11.5 Å². The number of likely N-dealkylation sites (tertiary alicyclic amines) is 1. The summed E-state index contributed by atoms with van der Waals surface area (Å²) in [4.78, 5) is 26.6. The van der Waals surface area contributed by atoms with Gasteiger partial charge in [0.05, 0.1) is 6.07 Å². The molecule has 5 heteroatoms. The number of carbonyl (C=O) groups excluding carboxylic acids is 2. The zero-order valence-electron chi connectivity index (χ0n) is 12.8. The van der Waals surface area contributed by atoms with E-state index in [1.807, 2.05) is 13.8 Å². The van der Waals surface area contributed by atoms with Crippen LogP contribution in [-0.4, -0.2) is 35.3 Å². The van der Waals surface area contributed by atoms with E-state index in [0.29, 0.717) is 19.4 Å². The van der Waals surface area contributed by atoms with Gasteiger partial charge in [0.2, 0.25) is 11.8 Å². The number of hydrogen-bond donors (Lipinski definition) is 1. The van der Waals surface area contributed by atoms with Gasteiger partial charge in [-0.05, 0) is 39.5 Å². The predicted octanol–water partition coefficient (Wildman–Crippen LogP) is 1.59. The number of nitriles is 1. The lowest BCUT2D eigenvalue weighted by Gasteiger charge is -2.22. The van der Waals surface area contributed by atoms with Gasteiger partial charge in [0.25, 0.3) is 0 Å². The van der Waals surface area contributed by atoms with Gasteiger partial charge in [-0.3, -0.25) is 9.59 Å². The van der Waals surface area contributed by atoms with E-state index in [1.165, 1.54) is 0 Å². The Bertz CT molecular complexity index is 516. The summed E-state index contributed by atoms with van der Waals surface area (Å²) in [6, 6.07) is 1.99. The molecule has 3 fully saturated rings. The summed E-state index contributed by atoms with van der Waals surface area (Å²) in [7, 11) is 0. The molecule has 0 bridgehead atoms. The average molecular weight is 289 g/mol. The lowest BCUT2D eigenvalue weighted by Crippen LogP contribution is -2.46. The van der Waals surface area contributed by atoms with E-state index >= 15 is 0 Å². The van der Waals surface area contributed by atoms with Crippen LogP contribution in [0.4, 0.5) is 0 Å². The van der Waals surface area contributed by atoms with Crippen LogP contribution in [0.15, 0.2) is 0 Å². The molecule has 1 saturated heterocycles. The highest BCUT2D eigenvalue weighted by Gasteiger charge is 2.73. The van der Waals surface area contributed by atoms with E-state index in [-0.39, 0.29) is 23.3 Å². The second-order valence-corrected chi connectivity index (χ2v) is 7.12. The smallest absolute Gasteiger partial charge is 0.245 e. The summed E-state index contributed by atoms with van der Waals surface area (Å²) in [6.07, 6.45) is 5.50. The van der Waals surface area contributed by atoms with Crippen LogP contribution >= 0.6 is 0 Å². The van der Waals surface area contributed by atoms with Crippen LogP contribution in [0.25, 0.3) is 0 Å². The Morgan fingerprint density at radius 1 is 1.43 bits per heavy atom. The number of carbonyl (C=O) groups is 2. The summed E-state index contributed by atoms with van der Waals surface area (Å²) in [5.41, 5.74) is -0.958. The molecule has 21 heavy (non-hydrogen) atoms. The van der Waals surface area contributed by atoms with Gasteiger partial charge in [-0.25, -0.2) is 0 Å². The largest absolute Gasteiger partial charge is 0.343 e.